The second kappa shape index (κ2) is 10.5. The Balaban J connectivity index is 1.30. The van der Waals surface area contributed by atoms with E-state index in [1.165, 1.54) is 24.3 Å². The summed E-state index contributed by atoms with van der Waals surface area (Å²) in [5.74, 6) is -3.90. The molecule has 0 radical (unpaired) electrons. The number of carbonyl (C=O) groups excluding carboxylic acids is 3. The number of ether oxygens (including phenoxy) is 4. The first-order chi connectivity index (χ1) is 19.1. The van der Waals surface area contributed by atoms with Gasteiger partial charge in [-0.25, -0.2) is 18.0 Å². The highest BCUT2D eigenvalue weighted by molar-refractivity contribution is 7.89. The predicted molar refractivity (Wildman–Crippen MR) is 135 cm³/mol. The molecule has 212 valence electrons. The van der Waals surface area contributed by atoms with Gasteiger partial charge in [0.05, 0.1) is 24.5 Å². The topological polar surface area (TPSA) is 149 Å². The van der Waals surface area contributed by atoms with Gasteiger partial charge < -0.3 is 18.9 Å². The summed E-state index contributed by atoms with van der Waals surface area (Å²) in [6, 6.07) is 5.21. The van der Waals surface area contributed by atoms with Gasteiger partial charge in [-0.3, -0.25) is 4.79 Å². The number of piperidine rings is 1. The van der Waals surface area contributed by atoms with Gasteiger partial charge in [0.1, 0.15) is 6.04 Å². The molecule has 0 bridgehead atoms. The summed E-state index contributed by atoms with van der Waals surface area (Å²) in [6.07, 6.45) is 4.27. The number of fused-ring (bicyclic) bond motifs is 2. The number of nitrogens with zero attached hydrogens (tertiary/aromatic N) is 3. The van der Waals surface area contributed by atoms with E-state index in [-0.39, 0.29) is 61.9 Å². The van der Waals surface area contributed by atoms with Gasteiger partial charge in [-0.05, 0) is 38.3 Å². The van der Waals surface area contributed by atoms with E-state index in [2.05, 4.69) is 0 Å². The van der Waals surface area contributed by atoms with Crippen LogP contribution in [0, 0.1) is 18.4 Å². The van der Waals surface area contributed by atoms with Crippen LogP contribution in [-0.4, -0.2) is 72.7 Å². The highest BCUT2D eigenvalue weighted by atomic mass is 32.2. The molecule has 0 aliphatic carbocycles. The normalized spacial score (nSPS) is 26.5. The van der Waals surface area contributed by atoms with E-state index in [0.29, 0.717) is 6.42 Å². The lowest BCUT2D eigenvalue weighted by Gasteiger charge is -2.38. The van der Waals surface area contributed by atoms with Gasteiger partial charge in [-0.1, -0.05) is 29.1 Å². The maximum absolute atomic E-state index is 13.2. The SMILES string of the molecule is CC[C@H](OC(=O)[C@H]1CCCN1S(=O)(=O)c1ccc(C)cc1)C(=O)OC1=CC=C2C3(CCC(=O)[N+]12C#N)OCCO3. The molecular formula is C27H30N3O9S+. The summed E-state index contributed by atoms with van der Waals surface area (Å²) in [7, 11) is -3.97. The van der Waals surface area contributed by atoms with Crippen LogP contribution in [0.15, 0.2) is 52.9 Å². The molecule has 3 fully saturated rings. The molecule has 1 amide bonds. The number of quaternary nitrogens is 1. The van der Waals surface area contributed by atoms with Gasteiger partial charge in [-0.15, -0.1) is 5.26 Å². The number of amides is 1. The molecule has 0 saturated carbocycles. The summed E-state index contributed by atoms with van der Waals surface area (Å²) in [5, 5.41) is 10.1. The fourth-order valence-corrected chi connectivity index (χ4v) is 7.15. The maximum atomic E-state index is 13.2. The van der Waals surface area contributed by atoms with Crippen molar-refractivity contribution in [2.45, 2.75) is 68.8 Å². The van der Waals surface area contributed by atoms with Gasteiger partial charge in [0, 0.05) is 25.1 Å². The number of allylic oxidation sites excluding steroid dienone is 2. The molecule has 4 aliphatic rings. The van der Waals surface area contributed by atoms with Crippen LogP contribution >= 0.6 is 0 Å². The Morgan fingerprint density at radius 2 is 1.93 bits per heavy atom. The molecule has 40 heavy (non-hydrogen) atoms. The van der Waals surface area contributed by atoms with E-state index in [9.17, 15) is 28.1 Å². The van der Waals surface area contributed by atoms with E-state index in [4.69, 9.17) is 18.9 Å². The lowest BCUT2D eigenvalue weighted by molar-refractivity contribution is -0.738. The van der Waals surface area contributed by atoms with Crippen molar-refractivity contribution in [3.05, 3.63) is 53.6 Å². The molecular weight excluding hydrogens is 542 g/mol. The number of aryl methyl sites for hydroxylation is 1. The standard InChI is InChI=1S/C27H30N3O9S/c1-3-21(38-25(32)20-5-4-14-29(20)40(34,35)19-8-6-18(2)7-9-19)26(33)39-24-11-10-22-27(36-15-16-37-27)13-12-23(31)30(22,24)17-28/h6-11,20-21H,3-5,12-16H2,1-2H3/q+1/t20-,21+,30?/m1/s1. The van der Waals surface area contributed by atoms with Crippen LogP contribution in [0.3, 0.4) is 0 Å². The first-order valence-electron chi connectivity index (χ1n) is 13.1. The maximum Gasteiger partial charge on any atom is 0.356 e. The third-order valence-corrected chi connectivity index (χ3v) is 9.53. The Hall–Kier alpha value is -3.41. The number of rotatable bonds is 7. The second-order valence-electron chi connectivity index (χ2n) is 10.0. The first kappa shape index (κ1) is 28.1. The Morgan fingerprint density at radius 1 is 1.23 bits per heavy atom. The molecule has 1 aromatic carbocycles. The lowest BCUT2D eigenvalue weighted by Crippen LogP contribution is -2.58. The van der Waals surface area contributed by atoms with Gasteiger partial charge in [-0.2, -0.15) is 4.31 Å². The van der Waals surface area contributed by atoms with Crippen molar-refractivity contribution >= 4 is 27.9 Å². The zero-order valence-electron chi connectivity index (χ0n) is 22.2. The summed E-state index contributed by atoms with van der Waals surface area (Å²) >= 11 is 0. The fraction of sp³-hybridized carbons (Fsp3) is 0.481. The van der Waals surface area contributed by atoms with Crippen molar-refractivity contribution in [2.75, 3.05) is 19.8 Å². The number of esters is 2. The van der Waals surface area contributed by atoms with Crippen LogP contribution in [0.1, 0.15) is 44.6 Å². The molecule has 0 N–H and O–H groups in total. The molecule has 4 heterocycles. The third-order valence-electron chi connectivity index (χ3n) is 7.61. The highest BCUT2D eigenvalue weighted by Crippen LogP contribution is 2.48. The predicted octanol–water partition coefficient (Wildman–Crippen LogP) is 2.11. The number of sulfonamides is 1. The quantitative estimate of drug-likeness (QED) is 0.270. The van der Waals surface area contributed by atoms with Crippen LogP contribution in [0.2, 0.25) is 0 Å². The minimum absolute atomic E-state index is 0.0201. The Labute approximate surface area is 232 Å². The summed E-state index contributed by atoms with van der Waals surface area (Å²) in [6.45, 7) is 4.15. The van der Waals surface area contributed by atoms with Crippen molar-refractivity contribution in [2.24, 2.45) is 0 Å². The van der Waals surface area contributed by atoms with Crippen LogP contribution in [0.4, 0.5) is 0 Å². The number of benzene rings is 1. The van der Waals surface area contributed by atoms with E-state index >= 15 is 0 Å². The summed E-state index contributed by atoms with van der Waals surface area (Å²) < 4.78 is 49.1. The minimum Gasteiger partial charge on any atom is -0.449 e. The van der Waals surface area contributed by atoms with E-state index in [0.717, 1.165) is 9.87 Å². The van der Waals surface area contributed by atoms with Crippen LogP contribution in [0.5, 0.6) is 0 Å². The second-order valence-corrected chi connectivity index (χ2v) is 11.9. The minimum atomic E-state index is -3.97. The summed E-state index contributed by atoms with van der Waals surface area (Å²) in [5.41, 5.74) is 1.10. The van der Waals surface area contributed by atoms with Gasteiger partial charge in [0.15, 0.2) is 11.8 Å². The average molecular weight is 573 g/mol. The Morgan fingerprint density at radius 3 is 2.58 bits per heavy atom. The van der Waals surface area contributed by atoms with E-state index in [1.54, 1.807) is 19.1 Å². The smallest absolute Gasteiger partial charge is 0.356 e. The first-order valence-corrected chi connectivity index (χ1v) is 14.6. The molecule has 1 aromatic rings. The molecule has 3 saturated heterocycles. The van der Waals surface area contributed by atoms with E-state index < -0.39 is 50.3 Å². The van der Waals surface area contributed by atoms with Gasteiger partial charge >= 0.3 is 29.9 Å². The number of carbonyl (C=O) groups is 3. The van der Waals surface area contributed by atoms with Gasteiger partial charge in [0.25, 0.3) is 0 Å². The van der Waals surface area contributed by atoms with E-state index in [1.807, 2.05) is 13.1 Å². The van der Waals surface area contributed by atoms with Crippen molar-refractivity contribution in [1.82, 2.24) is 4.31 Å². The van der Waals surface area contributed by atoms with Crippen LogP contribution < -0.4 is 0 Å². The molecule has 1 spiro atoms. The molecule has 3 atom stereocenters. The van der Waals surface area contributed by atoms with Crippen molar-refractivity contribution in [3.8, 4) is 6.19 Å². The monoisotopic (exact) mass is 572 g/mol. The molecule has 12 nitrogen and oxygen atoms in total. The average Bonchev–Trinajstić information content (AvgIpc) is 3.70. The zero-order valence-corrected chi connectivity index (χ0v) is 23.0. The van der Waals surface area contributed by atoms with Gasteiger partial charge in [0.2, 0.25) is 15.8 Å². The Bertz CT molecular complexity index is 1440. The van der Waals surface area contributed by atoms with Crippen LogP contribution in [0.25, 0.3) is 0 Å². The molecule has 1 unspecified atom stereocenters. The van der Waals surface area contributed by atoms with Crippen molar-refractivity contribution in [3.63, 3.8) is 0 Å². The summed E-state index contributed by atoms with van der Waals surface area (Å²) in [4.78, 5) is 39.4. The molecule has 13 heteroatoms. The largest absolute Gasteiger partial charge is 0.449 e. The van der Waals surface area contributed by atoms with Crippen molar-refractivity contribution in [1.29, 1.82) is 5.26 Å². The lowest BCUT2D eigenvalue weighted by atomic mass is 9.98. The fourth-order valence-electron chi connectivity index (χ4n) is 5.50. The molecule has 0 aromatic heterocycles. The Kier molecular flexibility index (Phi) is 7.41. The van der Waals surface area contributed by atoms with Crippen molar-refractivity contribution < 1.29 is 46.2 Å². The van der Waals surface area contributed by atoms with Crippen LogP contribution in [-0.2, 0) is 43.4 Å². The number of hydrogen-bond donors (Lipinski definition) is 0. The number of nitriles is 1. The third kappa shape index (κ3) is 4.46. The molecule has 4 aliphatic heterocycles. The number of hydrogen-bond acceptors (Lipinski definition) is 10. The zero-order chi connectivity index (χ0) is 28.7. The highest BCUT2D eigenvalue weighted by Gasteiger charge is 2.65. The molecule has 5 rings (SSSR count).